The van der Waals surface area contributed by atoms with Gasteiger partial charge in [-0.15, -0.1) is 0 Å². The predicted octanol–water partition coefficient (Wildman–Crippen LogP) is 3.89. The minimum atomic E-state index is -4.08. The van der Waals surface area contributed by atoms with Crippen LogP contribution in [0.4, 0.5) is 0 Å². The van der Waals surface area contributed by atoms with E-state index in [2.05, 4.69) is 17.5 Å². The number of hydrogen-bond donors (Lipinski definition) is 3. The van der Waals surface area contributed by atoms with Gasteiger partial charge >= 0.3 is 7.60 Å². The molecule has 0 aromatic heterocycles. The van der Waals surface area contributed by atoms with Gasteiger partial charge in [0, 0.05) is 0 Å². The molecule has 2 aromatic carbocycles. The summed E-state index contributed by atoms with van der Waals surface area (Å²) in [5.74, 6) is 1.40. The van der Waals surface area contributed by atoms with E-state index in [1.165, 1.54) is 0 Å². The molecular formula is C20H27N2O5P. The normalized spacial score (nSPS) is 12.2. The van der Waals surface area contributed by atoms with Crippen molar-refractivity contribution < 1.29 is 23.8 Å². The molecule has 7 nitrogen and oxygen atoms in total. The van der Waals surface area contributed by atoms with Crippen molar-refractivity contribution in [1.82, 2.24) is 5.43 Å². The van der Waals surface area contributed by atoms with Crippen molar-refractivity contribution in [1.29, 1.82) is 0 Å². The fourth-order valence-electron chi connectivity index (χ4n) is 2.35. The Bertz CT molecular complexity index is 813. The molecule has 0 spiro atoms. The molecule has 0 fully saturated rings. The van der Waals surface area contributed by atoms with Crippen LogP contribution in [0.15, 0.2) is 53.6 Å². The van der Waals surface area contributed by atoms with Crippen LogP contribution in [0.2, 0.25) is 0 Å². The van der Waals surface area contributed by atoms with Crippen molar-refractivity contribution in [3.63, 3.8) is 0 Å². The lowest BCUT2D eigenvalue weighted by Crippen LogP contribution is -2.41. The average Bonchev–Trinajstić information content (AvgIpc) is 2.61. The molecule has 8 heteroatoms. The highest BCUT2D eigenvalue weighted by molar-refractivity contribution is 7.50. The second-order valence-electron chi connectivity index (χ2n) is 6.87. The highest BCUT2D eigenvalue weighted by Crippen LogP contribution is 2.39. The Labute approximate surface area is 165 Å². The predicted molar refractivity (Wildman–Crippen MR) is 110 cm³/mol. The third-order valence-electron chi connectivity index (χ3n) is 3.59. The Morgan fingerprint density at radius 3 is 2.25 bits per heavy atom. The fraction of sp³-hybridized carbons (Fsp3) is 0.350. The van der Waals surface area contributed by atoms with Crippen LogP contribution in [0.5, 0.6) is 11.5 Å². The van der Waals surface area contributed by atoms with E-state index in [0.29, 0.717) is 17.9 Å². The van der Waals surface area contributed by atoms with Gasteiger partial charge in [-0.25, -0.2) is 0 Å². The summed E-state index contributed by atoms with van der Waals surface area (Å²) in [4.78, 5) is 18.0. The van der Waals surface area contributed by atoms with E-state index in [9.17, 15) is 4.57 Å². The fourth-order valence-corrected chi connectivity index (χ4v) is 3.04. The van der Waals surface area contributed by atoms with Crippen molar-refractivity contribution in [2.24, 2.45) is 5.10 Å². The van der Waals surface area contributed by atoms with Gasteiger partial charge in [0.05, 0.1) is 19.0 Å². The van der Waals surface area contributed by atoms with E-state index < -0.39 is 13.3 Å². The monoisotopic (exact) mass is 406 g/mol. The van der Waals surface area contributed by atoms with Crippen molar-refractivity contribution in [2.45, 2.75) is 39.1 Å². The van der Waals surface area contributed by atoms with Gasteiger partial charge in [0.2, 0.25) is 0 Å². The van der Waals surface area contributed by atoms with Crippen molar-refractivity contribution >= 4 is 13.8 Å². The molecule has 0 radical (unpaired) electrons. The van der Waals surface area contributed by atoms with Crippen molar-refractivity contribution in [3.8, 4) is 11.5 Å². The molecule has 28 heavy (non-hydrogen) atoms. The number of rotatable bonds is 10. The molecule has 0 saturated heterocycles. The van der Waals surface area contributed by atoms with E-state index in [-0.39, 0.29) is 6.16 Å². The quantitative estimate of drug-likeness (QED) is 0.240. The first-order chi connectivity index (χ1) is 13.2. The van der Waals surface area contributed by atoms with Gasteiger partial charge in [-0.3, -0.25) is 9.99 Å². The Morgan fingerprint density at radius 2 is 1.68 bits per heavy atom. The summed E-state index contributed by atoms with van der Waals surface area (Å²) in [6, 6.07) is 14.3. The topological polar surface area (TPSA) is 100 Å². The molecule has 0 amide bonds. The highest BCUT2D eigenvalue weighted by atomic mass is 31.2. The van der Waals surface area contributed by atoms with E-state index >= 15 is 0 Å². The number of benzene rings is 2. The summed E-state index contributed by atoms with van der Waals surface area (Å²) >= 11 is 0. The van der Waals surface area contributed by atoms with Crippen LogP contribution in [0.3, 0.4) is 0 Å². The summed E-state index contributed by atoms with van der Waals surface area (Å²) in [5.41, 5.74) is 3.65. The van der Waals surface area contributed by atoms with Gasteiger partial charge in [-0.1, -0.05) is 19.1 Å². The van der Waals surface area contributed by atoms with Gasteiger partial charge < -0.3 is 19.3 Å². The molecule has 152 valence electrons. The second-order valence-corrected chi connectivity index (χ2v) is 8.51. The first-order valence-corrected chi connectivity index (χ1v) is 10.8. The van der Waals surface area contributed by atoms with Gasteiger partial charge in [-0.2, -0.15) is 5.10 Å². The summed E-state index contributed by atoms with van der Waals surface area (Å²) in [6.07, 6.45) is 2.37. The van der Waals surface area contributed by atoms with E-state index in [0.717, 1.165) is 17.7 Å². The number of ether oxygens (including phenoxy) is 2. The van der Waals surface area contributed by atoms with Crippen LogP contribution in [0.1, 0.15) is 38.3 Å². The maximum Gasteiger partial charge on any atom is 0.329 e. The average molecular weight is 406 g/mol. The minimum Gasteiger partial charge on any atom is -0.494 e. The van der Waals surface area contributed by atoms with Crippen LogP contribution < -0.4 is 14.9 Å². The standard InChI is InChI=1S/C20H27N2O5P/c1-4-13-26-18-9-5-16(6-10-18)14-21-22-20(2,3)27-19-11-7-17(8-12-19)15-28(23,24)25/h5-12,14,22H,4,13,15H2,1-3H3,(H2,23,24,25)/b21-14+. The third-order valence-corrected chi connectivity index (χ3v) is 4.36. The van der Waals surface area contributed by atoms with Crippen LogP contribution >= 0.6 is 7.60 Å². The maximum atomic E-state index is 11.0. The number of hydrazone groups is 1. The lowest BCUT2D eigenvalue weighted by Gasteiger charge is -2.26. The zero-order chi connectivity index (χ0) is 20.6. The van der Waals surface area contributed by atoms with Gasteiger partial charge in [-0.05, 0) is 67.8 Å². The molecule has 2 aromatic rings. The maximum absolute atomic E-state index is 11.0. The Morgan fingerprint density at radius 1 is 1.07 bits per heavy atom. The van der Waals surface area contributed by atoms with Crippen LogP contribution in [0, 0.1) is 0 Å². The molecule has 0 unspecified atom stereocenters. The number of nitrogens with one attached hydrogen (secondary N) is 1. The van der Waals surface area contributed by atoms with Gasteiger partial charge in [0.25, 0.3) is 0 Å². The lowest BCUT2D eigenvalue weighted by molar-refractivity contribution is 0.0731. The van der Waals surface area contributed by atoms with Crippen LogP contribution in [-0.2, 0) is 10.7 Å². The largest absolute Gasteiger partial charge is 0.494 e. The summed E-state index contributed by atoms with van der Waals surface area (Å²) in [6.45, 7) is 6.42. The van der Waals surface area contributed by atoms with E-state index in [4.69, 9.17) is 19.3 Å². The van der Waals surface area contributed by atoms with Crippen LogP contribution in [0.25, 0.3) is 0 Å². The Balaban J connectivity index is 1.89. The molecule has 3 N–H and O–H groups in total. The third kappa shape index (κ3) is 8.13. The first kappa shape index (κ1) is 22.0. The van der Waals surface area contributed by atoms with Crippen LogP contribution in [-0.4, -0.2) is 28.3 Å². The van der Waals surface area contributed by atoms with Crippen molar-refractivity contribution in [2.75, 3.05) is 6.61 Å². The molecule has 0 bridgehead atoms. The summed E-state index contributed by atoms with van der Waals surface area (Å²) < 4.78 is 22.4. The molecule has 0 aliphatic heterocycles. The lowest BCUT2D eigenvalue weighted by atomic mass is 10.2. The zero-order valence-electron chi connectivity index (χ0n) is 16.3. The summed E-state index contributed by atoms with van der Waals surface area (Å²) in [7, 11) is -4.08. The van der Waals surface area contributed by atoms with E-state index in [1.54, 1.807) is 30.5 Å². The van der Waals surface area contributed by atoms with Gasteiger partial charge in [0.15, 0.2) is 5.72 Å². The Kier molecular flexibility index (Phi) is 7.63. The SMILES string of the molecule is CCCOc1ccc(/C=N/NC(C)(C)Oc2ccc(CP(=O)(O)O)cc2)cc1. The highest BCUT2D eigenvalue weighted by Gasteiger charge is 2.19. The molecular weight excluding hydrogens is 379 g/mol. The molecule has 0 saturated carbocycles. The second kappa shape index (κ2) is 9.73. The molecule has 0 aliphatic rings. The van der Waals surface area contributed by atoms with E-state index in [1.807, 2.05) is 38.1 Å². The Hall–Kier alpha value is -2.34. The number of hydrogen-bond acceptors (Lipinski definition) is 5. The minimum absolute atomic E-state index is 0.290. The zero-order valence-corrected chi connectivity index (χ0v) is 17.2. The molecule has 0 atom stereocenters. The number of nitrogens with zero attached hydrogens (tertiary/aromatic N) is 1. The molecule has 0 aliphatic carbocycles. The van der Waals surface area contributed by atoms with Gasteiger partial charge in [0.1, 0.15) is 11.5 Å². The molecule has 2 rings (SSSR count). The molecule has 0 heterocycles. The smallest absolute Gasteiger partial charge is 0.329 e. The summed E-state index contributed by atoms with van der Waals surface area (Å²) in [5, 5.41) is 4.22. The van der Waals surface area contributed by atoms with Crippen molar-refractivity contribution in [3.05, 3.63) is 59.7 Å². The first-order valence-electron chi connectivity index (χ1n) is 9.02.